The minimum Gasteiger partial charge on any atom is -0.497 e. The minimum atomic E-state index is -0.426. The molecule has 3 fully saturated rings. The van der Waals surface area contributed by atoms with E-state index in [1.54, 1.807) is 7.11 Å². The van der Waals surface area contributed by atoms with Crippen LogP contribution in [0.2, 0.25) is 0 Å². The fraction of sp³-hybridized carbons (Fsp3) is 0.576. The summed E-state index contributed by atoms with van der Waals surface area (Å²) < 4.78 is 10.8. The Bertz CT molecular complexity index is 1160. The molecule has 5 rings (SSSR count). The Morgan fingerprint density at radius 3 is 2.35 bits per heavy atom. The quantitative estimate of drug-likeness (QED) is 0.467. The lowest BCUT2D eigenvalue weighted by Gasteiger charge is -2.51. The topological polar surface area (TPSA) is 71.1 Å². The standard InChI is InChI=1S/C33H45N3O4/c1-24(25-11-14-28(39-4)15-12-25)34-27-13-16-29(32(2,3)23-27)30(37)35-20-17-33(18-21-35,26-9-6-5-7-10-26)36-19-8-22-40-31(36)38/h5-7,9-12,14-15,24,27,29,34H,8,13,16-23H2,1-4H3/t24-,27-,29+/m1/s1. The van der Waals surface area contributed by atoms with Crippen molar-refractivity contribution in [3.8, 4) is 5.75 Å². The van der Waals surface area contributed by atoms with E-state index >= 15 is 0 Å². The van der Waals surface area contributed by atoms with Crippen molar-refractivity contribution in [1.29, 1.82) is 0 Å². The molecule has 1 N–H and O–H groups in total. The number of rotatable bonds is 7. The monoisotopic (exact) mass is 547 g/mol. The van der Waals surface area contributed by atoms with Crippen molar-refractivity contribution in [2.45, 2.75) is 76.9 Å². The fourth-order valence-corrected chi connectivity index (χ4v) is 7.30. The van der Waals surface area contributed by atoms with E-state index in [0.717, 1.165) is 49.8 Å². The highest BCUT2D eigenvalue weighted by atomic mass is 16.6. The van der Waals surface area contributed by atoms with Gasteiger partial charge < -0.3 is 19.7 Å². The molecule has 216 valence electrons. The van der Waals surface area contributed by atoms with Crippen LogP contribution in [0.25, 0.3) is 0 Å². The Hall–Kier alpha value is -3.06. The van der Waals surface area contributed by atoms with E-state index < -0.39 is 5.54 Å². The minimum absolute atomic E-state index is 0.00557. The van der Waals surface area contributed by atoms with Gasteiger partial charge in [0.2, 0.25) is 5.91 Å². The maximum atomic E-state index is 14.0. The number of hydrogen-bond donors (Lipinski definition) is 1. The zero-order valence-corrected chi connectivity index (χ0v) is 24.5. The van der Waals surface area contributed by atoms with E-state index in [-0.39, 0.29) is 29.4 Å². The molecule has 1 saturated carbocycles. The average molecular weight is 548 g/mol. The molecule has 1 aliphatic carbocycles. The first-order chi connectivity index (χ1) is 19.2. The molecule has 2 amide bonds. The number of carbonyl (C=O) groups is 2. The number of nitrogens with one attached hydrogen (secondary N) is 1. The third-order valence-electron chi connectivity index (χ3n) is 9.62. The Kier molecular flexibility index (Phi) is 8.41. The van der Waals surface area contributed by atoms with Crippen molar-refractivity contribution in [3.05, 3.63) is 65.7 Å². The van der Waals surface area contributed by atoms with Crippen molar-refractivity contribution in [2.75, 3.05) is 33.4 Å². The number of hydrogen-bond acceptors (Lipinski definition) is 5. The summed E-state index contributed by atoms with van der Waals surface area (Å²) in [6, 6.07) is 19.2. The van der Waals surface area contributed by atoms with Crippen LogP contribution in [-0.2, 0) is 15.1 Å². The van der Waals surface area contributed by atoms with Crippen molar-refractivity contribution < 1.29 is 19.1 Å². The lowest BCUT2D eigenvalue weighted by molar-refractivity contribution is -0.144. The van der Waals surface area contributed by atoms with Crippen LogP contribution in [-0.4, -0.2) is 61.2 Å². The third-order valence-corrected chi connectivity index (χ3v) is 9.62. The highest BCUT2D eigenvalue weighted by molar-refractivity contribution is 5.80. The molecule has 0 aromatic heterocycles. The first-order valence-corrected chi connectivity index (χ1v) is 14.9. The highest BCUT2D eigenvalue weighted by Gasteiger charge is 2.48. The van der Waals surface area contributed by atoms with Crippen molar-refractivity contribution in [2.24, 2.45) is 11.3 Å². The molecule has 0 bridgehead atoms. The van der Waals surface area contributed by atoms with Gasteiger partial charge in [-0.25, -0.2) is 4.79 Å². The molecule has 2 saturated heterocycles. The molecule has 40 heavy (non-hydrogen) atoms. The second-order valence-electron chi connectivity index (χ2n) is 12.5. The summed E-state index contributed by atoms with van der Waals surface area (Å²) in [6.07, 6.45) is 4.91. The van der Waals surface area contributed by atoms with Crippen molar-refractivity contribution in [3.63, 3.8) is 0 Å². The Balaban J connectivity index is 1.23. The summed E-state index contributed by atoms with van der Waals surface area (Å²) in [5.74, 6) is 1.14. The summed E-state index contributed by atoms with van der Waals surface area (Å²) in [4.78, 5) is 30.8. The number of piperidine rings is 1. The van der Waals surface area contributed by atoms with Crippen molar-refractivity contribution in [1.82, 2.24) is 15.1 Å². The molecule has 2 heterocycles. The summed E-state index contributed by atoms with van der Waals surface area (Å²) in [7, 11) is 1.69. The van der Waals surface area contributed by atoms with E-state index in [9.17, 15) is 9.59 Å². The molecular formula is C33H45N3O4. The number of carbonyl (C=O) groups excluding carboxylic acids is 2. The Morgan fingerprint density at radius 1 is 1.02 bits per heavy atom. The van der Waals surface area contributed by atoms with Crippen LogP contribution < -0.4 is 10.1 Å². The normalized spacial score (nSPS) is 25.1. The van der Waals surface area contributed by atoms with E-state index in [1.807, 2.05) is 35.2 Å². The van der Waals surface area contributed by atoms with Gasteiger partial charge in [-0.1, -0.05) is 56.3 Å². The molecule has 3 aliphatic rings. The van der Waals surface area contributed by atoms with Crippen LogP contribution in [0.1, 0.15) is 76.5 Å². The van der Waals surface area contributed by atoms with Crippen LogP contribution in [0.5, 0.6) is 5.75 Å². The van der Waals surface area contributed by atoms with Gasteiger partial charge in [-0.05, 0) is 74.1 Å². The van der Waals surface area contributed by atoms with Crippen LogP contribution in [0.4, 0.5) is 4.79 Å². The molecule has 2 aliphatic heterocycles. The van der Waals surface area contributed by atoms with E-state index in [2.05, 4.69) is 55.3 Å². The van der Waals surface area contributed by atoms with Crippen LogP contribution in [0, 0.1) is 11.3 Å². The number of benzene rings is 2. The van der Waals surface area contributed by atoms with E-state index in [0.29, 0.717) is 32.3 Å². The van der Waals surface area contributed by atoms with Gasteiger partial charge in [-0.3, -0.25) is 9.69 Å². The van der Waals surface area contributed by atoms with Gasteiger partial charge >= 0.3 is 6.09 Å². The second kappa shape index (κ2) is 11.8. The maximum absolute atomic E-state index is 14.0. The lowest BCUT2D eigenvalue weighted by Crippen LogP contribution is -2.59. The lowest BCUT2D eigenvalue weighted by atomic mass is 9.66. The number of amides is 2. The van der Waals surface area contributed by atoms with E-state index in [4.69, 9.17) is 9.47 Å². The van der Waals surface area contributed by atoms with Crippen molar-refractivity contribution >= 4 is 12.0 Å². The Morgan fingerprint density at radius 2 is 1.73 bits per heavy atom. The first-order valence-electron chi connectivity index (χ1n) is 14.9. The second-order valence-corrected chi connectivity index (χ2v) is 12.5. The van der Waals surface area contributed by atoms with Gasteiger partial charge in [0.1, 0.15) is 5.75 Å². The Labute approximate surface area is 239 Å². The van der Waals surface area contributed by atoms with E-state index in [1.165, 1.54) is 5.56 Å². The molecular weight excluding hydrogens is 502 g/mol. The largest absolute Gasteiger partial charge is 0.497 e. The smallest absolute Gasteiger partial charge is 0.410 e. The predicted octanol–water partition coefficient (Wildman–Crippen LogP) is 5.90. The molecule has 2 aromatic rings. The summed E-state index contributed by atoms with van der Waals surface area (Å²) in [5.41, 5.74) is 1.85. The average Bonchev–Trinajstić information content (AvgIpc) is 2.97. The van der Waals surface area contributed by atoms with Crippen LogP contribution in [0.15, 0.2) is 54.6 Å². The number of cyclic esters (lactones) is 1. The fourth-order valence-electron chi connectivity index (χ4n) is 7.30. The van der Waals surface area contributed by atoms with Gasteiger partial charge in [0.05, 0.1) is 19.3 Å². The number of ether oxygens (including phenoxy) is 2. The van der Waals surface area contributed by atoms with Gasteiger partial charge in [0.25, 0.3) is 0 Å². The van der Waals surface area contributed by atoms with Gasteiger partial charge in [0, 0.05) is 37.6 Å². The third kappa shape index (κ3) is 5.71. The maximum Gasteiger partial charge on any atom is 0.410 e. The van der Waals surface area contributed by atoms with Crippen LogP contribution in [0.3, 0.4) is 0 Å². The van der Waals surface area contributed by atoms with Gasteiger partial charge in [0.15, 0.2) is 0 Å². The highest BCUT2D eigenvalue weighted by Crippen LogP contribution is 2.45. The zero-order valence-electron chi connectivity index (χ0n) is 24.5. The molecule has 2 aromatic carbocycles. The van der Waals surface area contributed by atoms with Gasteiger partial charge in [-0.2, -0.15) is 0 Å². The molecule has 7 heteroatoms. The SMILES string of the molecule is COc1ccc([C@@H](C)N[C@@H]2CC[C@@H](C(=O)N3CCC(c4ccccc4)(N4CCCOC4=O)CC3)C(C)(C)C2)cc1. The molecule has 3 atom stereocenters. The summed E-state index contributed by atoms with van der Waals surface area (Å²) in [6.45, 7) is 9.20. The molecule has 0 unspecified atom stereocenters. The number of nitrogens with zero attached hydrogens (tertiary/aromatic N) is 2. The first kappa shape index (κ1) is 28.5. The molecule has 0 radical (unpaired) electrons. The summed E-state index contributed by atoms with van der Waals surface area (Å²) in [5, 5.41) is 3.82. The predicted molar refractivity (Wildman–Crippen MR) is 156 cm³/mol. The molecule has 7 nitrogen and oxygen atoms in total. The zero-order chi connectivity index (χ0) is 28.3. The molecule has 0 spiro atoms. The number of methoxy groups -OCH3 is 1. The van der Waals surface area contributed by atoms with Crippen LogP contribution >= 0.6 is 0 Å². The van der Waals surface area contributed by atoms with Gasteiger partial charge in [-0.15, -0.1) is 0 Å². The summed E-state index contributed by atoms with van der Waals surface area (Å²) >= 11 is 0. The number of likely N-dealkylation sites (tertiary alicyclic amines) is 1.